The normalized spacial score (nSPS) is 16.3. The number of aromatic amines is 1. The molecule has 1 aliphatic rings. The zero-order valence-electron chi connectivity index (χ0n) is 18.4. The summed E-state index contributed by atoms with van der Waals surface area (Å²) in [6, 6.07) is 22.8. The van der Waals surface area contributed by atoms with Crippen LogP contribution in [-0.2, 0) is 15.4 Å². The van der Waals surface area contributed by atoms with E-state index >= 15 is 0 Å². The molecule has 0 amide bonds. The van der Waals surface area contributed by atoms with Crippen molar-refractivity contribution in [1.82, 2.24) is 9.29 Å². The Morgan fingerprint density at radius 1 is 0.844 bits per heavy atom. The molecule has 0 aliphatic carbocycles. The average molecular weight is 443 g/mol. The van der Waals surface area contributed by atoms with Crippen molar-refractivity contribution in [3.63, 3.8) is 0 Å². The molecule has 5 rings (SSSR count). The monoisotopic (exact) mass is 442 g/mol. The lowest BCUT2D eigenvalue weighted by Crippen LogP contribution is -2.33. The molecule has 4 aromatic rings. The molecule has 0 unspecified atom stereocenters. The van der Waals surface area contributed by atoms with Crippen molar-refractivity contribution in [2.45, 2.75) is 37.1 Å². The van der Waals surface area contributed by atoms with Gasteiger partial charge in [0.1, 0.15) is 0 Å². The summed E-state index contributed by atoms with van der Waals surface area (Å²) in [4.78, 5) is 3.60. The number of nitrogens with one attached hydrogen (secondary N) is 1. The minimum absolute atomic E-state index is 0.0428. The van der Waals surface area contributed by atoms with E-state index in [0.29, 0.717) is 4.90 Å². The number of H-pyrrole nitrogens is 1. The van der Waals surface area contributed by atoms with E-state index in [1.54, 1.807) is 18.3 Å². The number of nitrogens with zero attached hydrogens (tertiary/aromatic N) is 1. The molecule has 1 aliphatic heterocycles. The first-order chi connectivity index (χ1) is 15.3. The second-order valence-electron chi connectivity index (χ2n) is 9.25. The highest BCUT2D eigenvalue weighted by molar-refractivity contribution is 7.89. The summed E-state index contributed by atoms with van der Waals surface area (Å²) >= 11 is 0. The molecule has 32 heavy (non-hydrogen) atoms. The average Bonchev–Trinajstić information content (AvgIpc) is 3.21. The van der Waals surface area contributed by atoms with Crippen LogP contribution in [-0.4, -0.2) is 17.7 Å². The molecule has 1 atom stereocenters. The van der Waals surface area contributed by atoms with Crippen molar-refractivity contribution in [2.75, 3.05) is 0 Å². The van der Waals surface area contributed by atoms with E-state index in [1.165, 1.54) is 4.31 Å². The van der Waals surface area contributed by atoms with Gasteiger partial charge in [0.05, 0.1) is 10.9 Å². The van der Waals surface area contributed by atoms with Gasteiger partial charge in [-0.1, -0.05) is 75.4 Å². The van der Waals surface area contributed by atoms with Gasteiger partial charge in [0.25, 0.3) is 10.0 Å². The minimum atomic E-state index is -3.78. The third-order valence-electron chi connectivity index (χ3n) is 6.16. The molecule has 0 bridgehead atoms. The van der Waals surface area contributed by atoms with Gasteiger partial charge in [0, 0.05) is 28.9 Å². The zero-order valence-corrected chi connectivity index (χ0v) is 19.2. The van der Waals surface area contributed by atoms with E-state index < -0.39 is 16.1 Å². The van der Waals surface area contributed by atoms with Crippen LogP contribution in [0.5, 0.6) is 0 Å². The van der Waals surface area contributed by atoms with Gasteiger partial charge < -0.3 is 4.98 Å². The maximum atomic E-state index is 13.9. The number of hydrogen-bond donors (Lipinski definition) is 1. The van der Waals surface area contributed by atoms with Crippen molar-refractivity contribution in [2.24, 2.45) is 0 Å². The largest absolute Gasteiger partial charge is 0.361 e. The molecular formula is C27H26N2O2S. The first-order valence-corrected chi connectivity index (χ1v) is 12.2. The van der Waals surface area contributed by atoms with E-state index in [-0.39, 0.29) is 5.41 Å². The third kappa shape index (κ3) is 3.33. The van der Waals surface area contributed by atoms with Crippen LogP contribution in [0.4, 0.5) is 0 Å². The lowest BCUT2D eigenvalue weighted by atomic mass is 9.87. The van der Waals surface area contributed by atoms with E-state index in [0.717, 1.165) is 33.2 Å². The Labute approximate surface area is 189 Å². The second-order valence-corrected chi connectivity index (χ2v) is 11.1. The molecule has 162 valence electrons. The summed E-state index contributed by atoms with van der Waals surface area (Å²) in [5.41, 5.74) is 4.98. The number of para-hydroxylation sites is 1. The van der Waals surface area contributed by atoms with Crippen molar-refractivity contribution in [3.8, 4) is 0 Å². The topological polar surface area (TPSA) is 53.2 Å². The van der Waals surface area contributed by atoms with Gasteiger partial charge in [0.2, 0.25) is 0 Å². The van der Waals surface area contributed by atoms with E-state index in [4.69, 9.17) is 0 Å². The second kappa shape index (κ2) is 7.38. The fraction of sp³-hybridized carbons (Fsp3) is 0.185. The summed E-state index contributed by atoms with van der Waals surface area (Å²) in [6.45, 7) is 6.36. The van der Waals surface area contributed by atoms with Crippen LogP contribution in [0.2, 0.25) is 0 Å². The number of rotatable bonds is 3. The van der Waals surface area contributed by atoms with Crippen LogP contribution in [0.15, 0.2) is 90.1 Å². The number of fused-ring (bicyclic) bond motifs is 2. The first-order valence-electron chi connectivity index (χ1n) is 10.7. The molecule has 0 saturated heterocycles. The maximum Gasteiger partial charge on any atom is 0.264 e. The van der Waals surface area contributed by atoms with Crippen molar-refractivity contribution in [1.29, 1.82) is 0 Å². The van der Waals surface area contributed by atoms with Crippen LogP contribution in [0, 0.1) is 0 Å². The summed E-state index contributed by atoms with van der Waals surface area (Å²) in [6.07, 6.45) is 5.50. The summed E-state index contributed by atoms with van der Waals surface area (Å²) < 4.78 is 29.2. The molecular weight excluding hydrogens is 416 g/mol. The Kier molecular flexibility index (Phi) is 4.75. The SMILES string of the molecule is CC(C)(C)c1ccc(S(=O)(=O)N2C=Cc3ccccc3[C@@H]2c2c[nH]c3ccccc23)cc1. The van der Waals surface area contributed by atoms with Crippen LogP contribution >= 0.6 is 0 Å². The van der Waals surface area contributed by atoms with Crippen molar-refractivity contribution in [3.05, 3.63) is 107 Å². The maximum absolute atomic E-state index is 13.9. The van der Waals surface area contributed by atoms with Gasteiger partial charge in [0.15, 0.2) is 0 Å². The Morgan fingerprint density at radius 2 is 1.53 bits per heavy atom. The minimum Gasteiger partial charge on any atom is -0.361 e. The zero-order chi connectivity index (χ0) is 22.5. The number of benzene rings is 3. The summed E-state index contributed by atoms with van der Waals surface area (Å²) in [5, 5.41) is 1.02. The molecule has 0 radical (unpaired) electrons. The summed E-state index contributed by atoms with van der Waals surface area (Å²) in [7, 11) is -3.78. The molecule has 2 heterocycles. The smallest absolute Gasteiger partial charge is 0.264 e. The van der Waals surface area contributed by atoms with E-state index in [2.05, 4.69) is 25.8 Å². The van der Waals surface area contributed by atoms with Gasteiger partial charge in [-0.15, -0.1) is 0 Å². The fourth-order valence-electron chi connectivity index (χ4n) is 4.38. The standard InChI is InChI=1S/C27H26N2O2S/c1-27(2,3)20-12-14-21(15-13-20)32(30,31)29-17-16-19-8-4-5-9-22(19)26(29)24-18-28-25-11-7-6-10-23(24)25/h4-18,26,28H,1-3H3/t26-/m1/s1. The van der Waals surface area contributed by atoms with Gasteiger partial charge in [-0.25, -0.2) is 8.42 Å². The molecule has 1 N–H and O–H groups in total. The van der Waals surface area contributed by atoms with E-state index in [1.807, 2.05) is 72.9 Å². The predicted octanol–water partition coefficient (Wildman–Crippen LogP) is 6.23. The quantitative estimate of drug-likeness (QED) is 0.409. The molecule has 0 fully saturated rings. The Hall–Kier alpha value is -3.31. The van der Waals surface area contributed by atoms with E-state index in [9.17, 15) is 8.42 Å². The summed E-state index contributed by atoms with van der Waals surface area (Å²) in [5.74, 6) is 0. The number of aromatic nitrogens is 1. The predicted molar refractivity (Wildman–Crippen MR) is 130 cm³/mol. The fourth-order valence-corrected chi connectivity index (χ4v) is 5.83. The van der Waals surface area contributed by atoms with Gasteiger partial charge in [-0.05, 0) is 46.4 Å². The van der Waals surface area contributed by atoms with Crippen LogP contribution in [0.25, 0.3) is 17.0 Å². The number of hydrogen-bond acceptors (Lipinski definition) is 2. The molecule has 1 aromatic heterocycles. The number of sulfonamides is 1. The first kappa shape index (κ1) is 20.6. The Morgan fingerprint density at radius 3 is 2.28 bits per heavy atom. The highest BCUT2D eigenvalue weighted by atomic mass is 32.2. The van der Waals surface area contributed by atoms with Crippen molar-refractivity contribution < 1.29 is 8.42 Å². The molecule has 0 saturated carbocycles. The van der Waals surface area contributed by atoms with Gasteiger partial charge in [-0.3, -0.25) is 4.31 Å². The van der Waals surface area contributed by atoms with Gasteiger partial charge in [-0.2, -0.15) is 0 Å². The van der Waals surface area contributed by atoms with Crippen molar-refractivity contribution >= 4 is 27.0 Å². The molecule has 4 nitrogen and oxygen atoms in total. The lowest BCUT2D eigenvalue weighted by Gasteiger charge is -2.34. The highest BCUT2D eigenvalue weighted by Gasteiger charge is 2.35. The Balaban J connectivity index is 1.67. The van der Waals surface area contributed by atoms with Gasteiger partial charge >= 0.3 is 0 Å². The third-order valence-corrected chi connectivity index (χ3v) is 7.91. The molecule has 5 heteroatoms. The lowest BCUT2D eigenvalue weighted by molar-refractivity contribution is 0.448. The molecule has 0 spiro atoms. The molecule has 3 aromatic carbocycles. The van der Waals surface area contributed by atoms with Crippen LogP contribution in [0.1, 0.15) is 49.1 Å². The Bertz CT molecular complexity index is 1420. The van der Waals surface area contributed by atoms with Crippen LogP contribution < -0.4 is 0 Å². The van der Waals surface area contributed by atoms with Crippen LogP contribution in [0.3, 0.4) is 0 Å². The highest BCUT2D eigenvalue weighted by Crippen LogP contribution is 2.41.